The topological polar surface area (TPSA) is 87.9 Å². The molecule has 130 valence electrons. The molecular formula is C17H15NO6S. The third-order valence-electron chi connectivity index (χ3n) is 3.85. The van der Waals surface area contributed by atoms with Crippen LogP contribution in [0, 0.1) is 6.92 Å². The fourth-order valence-corrected chi connectivity index (χ4v) is 3.45. The summed E-state index contributed by atoms with van der Waals surface area (Å²) in [4.78, 5) is 4.16. The molecule has 0 aliphatic carbocycles. The number of ether oxygens (including phenoxy) is 2. The number of nitrogens with zero attached hydrogens (tertiary/aromatic N) is 1. The van der Waals surface area contributed by atoms with Crippen molar-refractivity contribution in [3.8, 4) is 11.5 Å². The molecule has 1 aliphatic heterocycles. The van der Waals surface area contributed by atoms with E-state index in [-0.39, 0.29) is 18.1 Å². The van der Waals surface area contributed by atoms with E-state index in [9.17, 15) is 8.42 Å². The molecule has 0 radical (unpaired) electrons. The number of benzene rings is 2. The minimum Gasteiger partial charge on any atom is -0.486 e. The number of aryl methyl sites for hydroxylation is 1. The lowest BCUT2D eigenvalue weighted by Gasteiger charge is -2.25. The van der Waals surface area contributed by atoms with Crippen molar-refractivity contribution >= 4 is 21.2 Å². The van der Waals surface area contributed by atoms with Crippen LogP contribution in [0.2, 0.25) is 0 Å². The van der Waals surface area contributed by atoms with Crippen LogP contribution in [0.5, 0.6) is 11.5 Å². The van der Waals surface area contributed by atoms with Crippen LogP contribution in [-0.4, -0.2) is 32.7 Å². The highest BCUT2D eigenvalue weighted by Gasteiger charge is 2.27. The highest BCUT2D eigenvalue weighted by molar-refractivity contribution is 7.86. The van der Waals surface area contributed by atoms with E-state index < -0.39 is 16.2 Å². The summed E-state index contributed by atoms with van der Waals surface area (Å²) >= 11 is 0. The summed E-state index contributed by atoms with van der Waals surface area (Å²) in [5.41, 5.74) is 2.07. The van der Waals surface area contributed by atoms with Gasteiger partial charge in [0.05, 0.1) is 4.90 Å². The Kier molecular flexibility index (Phi) is 3.85. The summed E-state index contributed by atoms with van der Waals surface area (Å²) in [7, 11) is -3.86. The molecular weight excluding hydrogens is 346 g/mol. The second-order valence-corrected chi connectivity index (χ2v) is 7.31. The van der Waals surface area contributed by atoms with Crippen LogP contribution in [0.15, 0.2) is 52.1 Å². The summed E-state index contributed by atoms with van der Waals surface area (Å²) < 4.78 is 46.4. The van der Waals surface area contributed by atoms with Crippen molar-refractivity contribution in [1.82, 2.24) is 4.98 Å². The molecule has 3 aromatic rings. The van der Waals surface area contributed by atoms with Gasteiger partial charge >= 0.3 is 0 Å². The van der Waals surface area contributed by atoms with Crippen molar-refractivity contribution < 1.29 is 26.5 Å². The van der Waals surface area contributed by atoms with Crippen molar-refractivity contribution in [2.45, 2.75) is 17.9 Å². The first-order chi connectivity index (χ1) is 12.0. The van der Waals surface area contributed by atoms with Gasteiger partial charge in [0.15, 0.2) is 23.8 Å². The minimum absolute atomic E-state index is 0.104. The van der Waals surface area contributed by atoms with Gasteiger partial charge in [-0.2, -0.15) is 8.42 Å². The Morgan fingerprint density at radius 1 is 1.20 bits per heavy atom. The van der Waals surface area contributed by atoms with E-state index >= 15 is 0 Å². The van der Waals surface area contributed by atoms with Crippen molar-refractivity contribution in [3.05, 3.63) is 48.4 Å². The van der Waals surface area contributed by atoms with Crippen LogP contribution in [0.4, 0.5) is 0 Å². The standard InChI is InChI=1S/C17H15NO6S/c1-11-2-4-13(5-3-11)25(19,20)23-9-12-8-21-15-7-6-14-16(17(15)24-12)22-10-18-14/h2-7,10,12H,8-9H2,1H3. The van der Waals surface area contributed by atoms with Crippen LogP contribution in [0.25, 0.3) is 11.1 Å². The molecule has 0 saturated carbocycles. The Hall–Kier alpha value is -2.58. The van der Waals surface area contributed by atoms with Gasteiger partial charge in [0.25, 0.3) is 10.1 Å². The molecule has 0 fully saturated rings. The molecule has 0 amide bonds. The Labute approximate surface area is 144 Å². The monoisotopic (exact) mass is 361 g/mol. The average Bonchev–Trinajstić information content (AvgIpc) is 3.09. The summed E-state index contributed by atoms with van der Waals surface area (Å²) in [6.07, 6.45) is 0.736. The van der Waals surface area contributed by atoms with Gasteiger partial charge in [-0.25, -0.2) is 4.98 Å². The number of oxazole rings is 1. The van der Waals surface area contributed by atoms with E-state index in [2.05, 4.69) is 4.98 Å². The fourth-order valence-electron chi connectivity index (χ4n) is 2.51. The first-order valence-electron chi connectivity index (χ1n) is 7.65. The molecule has 1 unspecified atom stereocenters. The molecule has 2 aromatic carbocycles. The van der Waals surface area contributed by atoms with Gasteiger partial charge < -0.3 is 13.9 Å². The van der Waals surface area contributed by atoms with Crippen molar-refractivity contribution in [1.29, 1.82) is 0 Å². The van der Waals surface area contributed by atoms with E-state index in [1.54, 1.807) is 24.3 Å². The summed E-state index contributed by atoms with van der Waals surface area (Å²) in [5.74, 6) is 0.935. The first-order valence-corrected chi connectivity index (χ1v) is 9.05. The molecule has 0 N–H and O–H groups in total. The maximum absolute atomic E-state index is 12.3. The van der Waals surface area contributed by atoms with Gasteiger partial charge in [-0.1, -0.05) is 17.7 Å². The van der Waals surface area contributed by atoms with Crippen LogP contribution < -0.4 is 9.47 Å². The van der Waals surface area contributed by atoms with Crippen LogP contribution in [-0.2, 0) is 14.3 Å². The van der Waals surface area contributed by atoms with E-state index in [1.165, 1.54) is 18.5 Å². The lowest BCUT2D eigenvalue weighted by atomic mass is 10.2. The Balaban J connectivity index is 1.49. The Bertz CT molecular complexity index is 1010. The zero-order valence-electron chi connectivity index (χ0n) is 13.3. The van der Waals surface area contributed by atoms with Crippen LogP contribution >= 0.6 is 0 Å². The predicted molar refractivity (Wildman–Crippen MR) is 88.2 cm³/mol. The highest BCUT2D eigenvalue weighted by Crippen LogP contribution is 2.38. The van der Waals surface area contributed by atoms with Gasteiger partial charge in [-0.05, 0) is 31.2 Å². The number of hydrogen-bond acceptors (Lipinski definition) is 7. The molecule has 1 aromatic heterocycles. The van der Waals surface area contributed by atoms with Crippen LogP contribution in [0.3, 0.4) is 0 Å². The zero-order chi connectivity index (χ0) is 17.4. The Morgan fingerprint density at radius 3 is 2.80 bits per heavy atom. The lowest BCUT2D eigenvalue weighted by molar-refractivity contribution is 0.0561. The first kappa shape index (κ1) is 15.9. The van der Waals surface area contributed by atoms with E-state index in [4.69, 9.17) is 18.1 Å². The normalized spacial score (nSPS) is 16.9. The second-order valence-electron chi connectivity index (χ2n) is 5.70. The maximum Gasteiger partial charge on any atom is 0.297 e. The van der Waals surface area contributed by atoms with Crippen molar-refractivity contribution in [2.75, 3.05) is 13.2 Å². The van der Waals surface area contributed by atoms with Crippen LogP contribution in [0.1, 0.15) is 5.56 Å². The smallest absolute Gasteiger partial charge is 0.297 e. The number of fused-ring (bicyclic) bond motifs is 3. The second kappa shape index (κ2) is 6.05. The summed E-state index contributed by atoms with van der Waals surface area (Å²) in [6, 6.07) is 9.95. The molecule has 0 bridgehead atoms. The number of hydrogen-bond donors (Lipinski definition) is 0. The molecule has 8 heteroatoms. The van der Waals surface area contributed by atoms with Crippen molar-refractivity contribution in [3.63, 3.8) is 0 Å². The van der Waals surface area contributed by atoms with Gasteiger partial charge in [0.2, 0.25) is 5.75 Å². The molecule has 25 heavy (non-hydrogen) atoms. The molecule has 4 rings (SSSR count). The summed E-state index contributed by atoms with van der Waals surface area (Å²) in [5, 5.41) is 0. The minimum atomic E-state index is -3.86. The summed E-state index contributed by atoms with van der Waals surface area (Å²) in [6.45, 7) is 1.89. The number of aromatic nitrogens is 1. The average molecular weight is 361 g/mol. The molecule has 0 spiro atoms. The third-order valence-corrected chi connectivity index (χ3v) is 5.14. The molecule has 1 atom stereocenters. The van der Waals surface area contributed by atoms with E-state index in [1.807, 2.05) is 6.92 Å². The molecule has 1 aliphatic rings. The zero-order valence-corrected chi connectivity index (χ0v) is 14.2. The van der Waals surface area contributed by atoms with Crippen molar-refractivity contribution in [2.24, 2.45) is 0 Å². The van der Waals surface area contributed by atoms with Gasteiger partial charge in [-0.3, -0.25) is 4.18 Å². The molecule has 2 heterocycles. The SMILES string of the molecule is Cc1ccc(S(=O)(=O)OCC2COc3ccc4ncoc4c3O2)cc1. The predicted octanol–water partition coefficient (Wildman–Crippen LogP) is 2.68. The Morgan fingerprint density at radius 2 is 2.00 bits per heavy atom. The van der Waals surface area contributed by atoms with E-state index in [0.29, 0.717) is 22.6 Å². The largest absolute Gasteiger partial charge is 0.486 e. The maximum atomic E-state index is 12.3. The fraction of sp³-hybridized carbons (Fsp3) is 0.235. The molecule has 7 nitrogen and oxygen atoms in total. The van der Waals surface area contributed by atoms with Gasteiger partial charge in [0.1, 0.15) is 18.7 Å². The van der Waals surface area contributed by atoms with Gasteiger partial charge in [0, 0.05) is 0 Å². The van der Waals surface area contributed by atoms with E-state index in [0.717, 1.165) is 5.56 Å². The number of rotatable bonds is 4. The van der Waals surface area contributed by atoms with Gasteiger partial charge in [-0.15, -0.1) is 0 Å². The quantitative estimate of drug-likeness (QED) is 0.660. The lowest BCUT2D eigenvalue weighted by Crippen LogP contribution is -2.34. The third kappa shape index (κ3) is 3.06. The highest BCUT2D eigenvalue weighted by atomic mass is 32.2. The molecule has 0 saturated heterocycles.